The predicted molar refractivity (Wildman–Crippen MR) is 114 cm³/mol. The van der Waals surface area contributed by atoms with Gasteiger partial charge in [-0.05, 0) is 48.0 Å². The fraction of sp³-hybridized carbons (Fsp3) is 0.0952. The number of pyridine rings is 1. The highest BCUT2D eigenvalue weighted by Crippen LogP contribution is 2.32. The Bertz CT molecular complexity index is 1200. The van der Waals surface area contributed by atoms with E-state index in [0.29, 0.717) is 17.1 Å². The molecule has 1 amide bonds. The standard InChI is InChI=1S/C21H18N4O5S/c26-21(24-23-12-16-8-9-19-20(11-16)30-15-29-19)14-25(17-5-4-10-22-13-17)31(27,28)18-6-2-1-3-7-18/h1-13H,14-15H2,(H,24,26). The van der Waals surface area contributed by atoms with Crippen molar-refractivity contribution < 1.29 is 22.7 Å². The van der Waals surface area contributed by atoms with Crippen LogP contribution in [0.4, 0.5) is 5.69 Å². The number of sulfonamides is 1. The molecule has 0 aliphatic carbocycles. The van der Waals surface area contributed by atoms with Gasteiger partial charge in [-0.15, -0.1) is 0 Å². The van der Waals surface area contributed by atoms with Crippen LogP contribution in [0, 0.1) is 0 Å². The van der Waals surface area contributed by atoms with Gasteiger partial charge in [0.15, 0.2) is 11.5 Å². The number of hydrazone groups is 1. The molecule has 1 aliphatic rings. The second-order valence-electron chi connectivity index (χ2n) is 6.44. The molecule has 0 atom stereocenters. The first-order valence-corrected chi connectivity index (χ1v) is 10.7. The Kier molecular flexibility index (Phi) is 5.80. The Morgan fingerprint density at radius 1 is 1.10 bits per heavy atom. The maximum absolute atomic E-state index is 13.1. The van der Waals surface area contributed by atoms with Crippen molar-refractivity contribution in [3.63, 3.8) is 0 Å². The highest BCUT2D eigenvalue weighted by atomic mass is 32.2. The first-order valence-electron chi connectivity index (χ1n) is 9.23. The van der Waals surface area contributed by atoms with E-state index in [1.807, 2.05) is 0 Å². The highest BCUT2D eigenvalue weighted by molar-refractivity contribution is 7.92. The molecule has 0 saturated carbocycles. The molecular formula is C21H18N4O5S. The minimum atomic E-state index is -3.98. The SMILES string of the molecule is O=C(CN(c1cccnc1)S(=O)(=O)c1ccccc1)NN=Cc1ccc2c(c1)OCO2. The molecule has 0 bridgehead atoms. The minimum Gasteiger partial charge on any atom is -0.454 e. The van der Waals surface area contributed by atoms with Crippen molar-refractivity contribution in [3.05, 3.63) is 78.6 Å². The van der Waals surface area contributed by atoms with Crippen LogP contribution in [-0.2, 0) is 14.8 Å². The second kappa shape index (κ2) is 8.84. The van der Waals surface area contributed by atoms with Gasteiger partial charge >= 0.3 is 0 Å². The molecule has 158 valence electrons. The molecule has 0 saturated heterocycles. The van der Waals surface area contributed by atoms with Gasteiger partial charge < -0.3 is 9.47 Å². The molecule has 1 aliphatic heterocycles. The van der Waals surface area contributed by atoms with Crippen LogP contribution in [0.3, 0.4) is 0 Å². The normalized spacial score (nSPS) is 12.6. The summed E-state index contributed by atoms with van der Waals surface area (Å²) < 4.78 is 37.8. The minimum absolute atomic E-state index is 0.0653. The summed E-state index contributed by atoms with van der Waals surface area (Å²) in [7, 11) is -3.98. The van der Waals surface area contributed by atoms with Crippen LogP contribution in [0.25, 0.3) is 0 Å². The largest absolute Gasteiger partial charge is 0.454 e. The molecule has 3 aromatic rings. The molecule has 0 radical (unpaired) electrons. The van der Waals surface area contributed by atoms with Crippen molar-refractivity contribution in [2.45, 2.75) is 4.90 Å². The number of rotatable bonds is 7. The van der Waals surface area contributed by atoms with Gasteiger partial charge in [-0.25, -0.2) is 13.8 Å². The number of hydrogen-bond acceptors (Lipinski definition) is 7. The van der Waals surface area contributed by atoms with E-state index in [1.54, 1.807) is 48.5 Å². The lowest BCUT2D eigenvalue weighted by Crippen LogP contribution is -2.39. The number of amides is 1. The van der Waals surface area contributed by atoms with E-state index in [1.165, 1.54) is 30.7 Å². The fourth-order valence-corrected chi connectivity index (χ4v) is 4.30. The molecule has 1 N–H and O–H groups in total. The summed E-state index contributed by atoms with van der Waals surface area (Å²) in [6.45, 7) is -0.311. The van der Waals surface area contributed by atoms with E-state index >= 15 is 0 Å². The first-order chi connectivity index (χ1) is 15.0. The van der Waals surface area contributed by atoms with E-state index in [4.69, 9.17) is 9.47 Å². The number of nitrogens with zero attached hydrogens (tertiary/aromatic N) is 3. The molecule has 4 rings (SSSR count). The van der Waals surface area contributed by atoms with Gasteiger partial charge in [0.05, 0.1) is 23.0 Å². The molecule has 2 heterocycles. The predicted octanol–water partition coefficient (Wildman–Crippen LogP) is 2.16. The molecule has 0 spiro atoms. The van der Waals surface area contributed by atoms with Gasteiger partial charge in [-0.1, -0.05) is 18.2 Å². The Hall–Kier alpha value is -3.92. The third-order valence-electron chi connectivity index (χ3n) is 4.35. The molecule has 9 nitrogen and oxygen atoms in total. The molecule has 1 aromatic heterocycles. The number of carbonyl (C=O) groups excluding carboxylic acids is 1. The van der Waals surface area contributed by atoms with Gasteiger partial charge in [0, 0.05) is 6.20 Å². The smallest absolute Gasteiger partial charge is 0.264 e. The molecule has 10 heteroatoms. The van der Waals surface area contributed by atoms with Crippen molar-refractivity contribution in [1.29, 1.82) is 0 Å². The number of benzene rings is 2. The number of fused-ring (bicyclic) bond motifs is 1. The summed E-state index contributed by atoms with van der Waals surface area (Å²) in [5, 5.41) is 3.91. The second-order valence-corrected chi connectivity index (χ2v) is 8.30. The van der Waals surface area contributed by atoms with Crippen LogP contribution >= 0.6 is 0 Å². The molecule has 31 heavy (non-hydrogen) atoms. The highest BCUT2D eigenvalue weighted by Gasteiger charge is 2.27. The summed E-state index contributed by atoms with van der Waals surface area (Å²) in [5.41, 5.74) is 3.31. The van der Waals surface area contributed by atoms with Crippen LogP contribution in [-0.4, -0.2) is 38.9 Å². The Morgan fingerprint density at radius 3 is 2.68 bits per heavy atom. The average molecular weight is 438 g/mol. The zero-order chi connectivity index (χ0) is 21.7. The third-order valence-corrected chi connectivity index (χ3v) is 6.14. The van der Waals surface area contributed by atoms with Crippen molar-refractivity contribution in [3.8, 4) is 11.5 Å². The summed E-state index contributed by atoms with van der Waals surface area (Å²) in [5.74, 6) is 0.617. The molecule has 0 fully saturated rings. The van der Waals surface area contributed by atoms with Crippen LogP contribution < -0.4 is 19.2 Å². The van der Waals surface area contributed by atoms with Crippen LogP contribution in [0.15, 0.2) is 83.1 Å². The lowest BCUT2D eigenvalue weighted by atomic mass is 10.2. The quantitative estimate of drug-likeness (QED) is 0.447. The van der Waals surface area contributed by atoms with Crippen LogP contribution in [0.1, 0.15) is 5.56 Å². The summed E-state index contributed by atoms with van der Waals surface area (Å²) >= 11 is 0. The zero-order valence-electron chi connectivity index (χ0n) is 16.2. The number of carbonyl (C=O) groups is 1. The molecule has 2 aromatic carbocycles. The van der Waals surface area contributed by atoms with Gasteiger partial charge in [0.25, 0.3) is 15.9 Å². The number of hydrogen-bond donors (Lipinski definition) is 1. The monoisotopic (exact) mass is 438 g/mol. The van der Waals surface area contributed by atoms with E-state index in [9.17, 15) is 13.2 Å². The lowest BCUT2D eigenvalue weighted by Gasteiger charge is -2.23. The maximum atomic E-state index is 13.1. The van der Waals surface area contributed by atoms with E-state index < -0.39 is 22.5 Å². The summed E-state index contributed by atoms with van der Waals surface area (Å²) in [4.78, 5) is 16.5. The van der Waals surface area contributed by atoms with Crippen molar-refractivity contribution in [2.24, 2.45) is 5.10 Å². The summed E-state index contributed by atoms with van der Waals surface area (Å²) in [6.07, 6.45) is 4.33. The third kappa shape index (κ3) is 4.64. The lowest BCUT2D eigenvalue weighted by molar-refractivity contribution is -0.119. The number of nitrogens with one attached hydrogen (secondary N) is 1. The zero-order valence-corrected chi connectivity index (χ0v) is 17.0. The molecular weight excluding hydrogens is 420 g/mol. The topological polar surface area (TPSA) is 110 Å². The van der Waals surface area contributed by atoms with Crippen molar-refractivity contribution in [1.82, 2.24) is 10.4 Å². The Balaban J connectivity index is 1.50. The number of ether oxygens (including phenoxy) is 2. The number of anilines is 1. The average Bonchev–Trinajstić information content (AvgIpc) is 3.26. The van der Waals surface area contributed by atoms with Gasteiger partial charge in [-0.2, -0.15) is 5.10 Å². The first kappa shape index (κ1) is 20.4. The molecule has 0 unspecified atom stereocenters. The summed E-state index contributed by atoms with van der Waals surface area (Å²) in [6, 6.07) is 16.3. The van der Waals surface area contributed by atoms with E-state index in [0.717, 1.165) is 4.31 Å². The van der Waals surface area contributed by atoms with Crippen LogP contribution in [0.5, 0.6) is 11.5 Å². The van der Waals surface area contributed by atoms with Crippen molar-refractivity contribution in [2.75, 3.05) is 17.6 Å². The Morgan fingerprint density at radius 2 is 1.90 bits per heavy atom. The Labute approximate surface area is 179 Å². The number of aromatic nitrogens is 1. The van der Waals surface area contributed by atoms with Crippen LogP contribution in [0.2, 0.25) is 0 Å². The van der Waals surface area contributed by atoms with Gasteiger partial charge in [0.2, 0.25) is 6.79 Å². The van der Waals surface area contributed by atoms with Gasteiger partial charge in [-0.3, -0.25) is 14.1 Å². The van der Waals surface area contributed by atoms with E-state index in [-0.39, 0.29) is 17.4 Å². The van der Waals surface area contributed by atoms with E-state index in [2.05, 4.69) is 15.5 Å². The maximum Gasteiger partial charge on any atom is 0.264 e. The fourth-order valence-electron chi connectivity index (χ4n) is 2.87. The van der Waals surface area contributed by atoms with Crippen molar-refractivity contribution >= 4 is 27.8 Å². The van der Waals surface area contributed by atoms with Gasteiger partial charge in [0.1, 0.15) is 6.54 Å².